The normalized spacial score (nSPS) is 10.5. The van der Waals surface area contributed by atoms with Gasteiger partial charge >= 0.3 is 0 Å². The fraction of sp³-hybridized carbons (Fsp3) is 0.200. The number of nitrogens with one attached hydrogen (secondary N) is 1. The topological polar surface area (TPSA) is 68.0 Å². The number of nitrogens with zero attached hydrogens (tertiary/aromatic N) is 1. The number of carbonyl (C=O) groups excluding carboxylic acids is 1. The van der Waals surface area contributed by atoms with Crippen molar-refractivity contribution < 1.29 is 4.79 Å². The van der Waals surface area contributed by atoms with Crippen LogP contribution < -0.4 is 11.1 Å². The molecule has 0 atom stereocenters. The summed E-state index contributed by atoms with van der Waals surface area (Å²) in [5.41, 5.74) is 7.82. The van der Waals surface area contributed by atoms with Gasteiger partial charge in [0.05, 0.1) is 0 Å². The van der Waals surface area contributed by atoms with Crippen LogP contribution in [0.15, 0.2) is 42.5 Å². The van der Waals surface area contributed by atoms with Gasteiger partial charge in [0.2, 0.25) is 0 Å². The highest BCUT2D eigenvalue weighted by Crippen LogP contribution is 2.18. The number of rotatable bonds is 3. The van der Waals surface area contributed by atoms with Crippen LogP contribution in [0.5, 0.6) is 0 Å². The van der Waals surface area contributed by atoms with Crippen LogP contribution in [0.25, 0.3) is 0 Å². The summed E-state index contributed by atoms with van der Waals surface area (Å²) in [6, 6.07) is 12.8. The third kappa shape index (κ3) is 3.31. The summed E-state index contributed by atoms with van der Waals surface area (Å²) >= 11 is 0. The first-order valence-corrected chi connectivity index (χ1v) is 6.20. The Morgan fingerprint density at radius 3 is 2.63 bits per heavy atom. The number of nitrogens with two attached hydrogens (primary N) is 1. The largest absolute Gasteiger partial charge is 0.384 e. The fourth-order valence-corrected chi connectivity index (χ4v) is 1.75. The SMILES string of the molecule is CC(C)c1cccc(NC(=O)c2cccc(N)n2)c1. The van der Waals surface area contributed by atoms with Crippen molar-refractivity contribution in [3.63, 3.8) is 0 Å². The summed E-state index contributed by atoms with van der Waals surface area (Å²) in [5, 5.41) is 2.82. The average Bonchev–Trinajstić information content (AvgIpc) is 2.39. The first-order valence-electron chi connectivity index (χ1n) is 6.20. The first kappa shape index (κ1) is 13.1. The third-order valence-electron chi connectivity index (χ3n) is 2.81. The number of carbonyl (C=O) groups is 1. The van der Waals surface area contributed by atoms with Gasteiger partial charge in [-0.3, -0.25) is 4.79 Å². The summed E-state index contributed by atoms with van der Waals surface area (Å²) in [5.74, 6) is 0.499. The van der Waals surface area contributed by atoms with Gasteiger partial charge in [-0.25, -0.2) is 4.98 Å². The molecule has 19 heavy (non-hydrogen) atoms. The Balaban J connectivity index is 2.17. The number of nitrogen functional groups attached to an aromatic ring is 1. The van der Waals surface area contributed by atoms with E-state index < -0.39 is 0 Å². The molecule has 0 aliphatic rings. The van der Waals surface area contributed by atoms with Gasteiger partial charge in [-0.1, -0.05) is 32.0 Å². The molecular weight excluding hydrogens is 238 g/mol. The van der Waals surface area contributed by atoms with Crippen LogP contribution in [-0.2, 0) is 0 Å². The predicted octanol–water partition coefficient (Wildman–Crippen LogP) is 3.04. The quantitative estimate of drug-likeness (QED) is 0.885. The Kier molecular flexibility index (Phi) is 3.80. The molecule has 2 rings (SSSR count). The van der Waals surface area contributed by atoms with Gasteiger partial charge in [-0.15, -0.1) is 0 Å². The lowest BCUT2D eigenvalue weighted by Crippen LogP contribution is -2.14. The van der Waals surface area contributed by atoms with Crippen molar-refractivity contribution in [2.75, 3.05) is 11.1 Å². The summed E-state index contributed by atoms with van der Waals surface area (Å²) in [4.78, 5) is 16.0. The van der Waals surface area contributed by atoms with Gasteiger partial charge in [0.15, 0.2) is 0 Å². The molecule has 3 N–H and O–H groups in total. The van der Waals surface area contributed by atoms with E-state index in [1.54, 1.807) is 18.2 Å². The molecule has 1 amide bonds. The maximum absolute atomic E-state index is 12.0. The van der Waals surface area contributed by atoms with Gasteiger partial charge in [-0.2, -0.15) is 0 Å². The number of pyridine rings is 1. The van der Waals surface area contributed by atoms with Crippen LogP contribution in [0.4, 0.5) is 11.5 Å². The van der Waals surface area contributed by atoms with Crippen LogP contribution in [0.3, 0.4) is 0 Å². The molecule has 2 aromatic rings. The van der Waals surface area contributed by atoms with Crippen molar-refractivity contribution in [2.24, 2.45) is 0 Å². The zero-order chi connectivity index (χ0) is 13.8. The lowest BCUT2D eigenvalue weighted by molar-refractivity contribution is 0.102. The third-order valence-corrected chi connectivity index (χ3v) is 2.81. The standard InChI is InChI=1S/C15H17N3O/c1-10(2)11-5-3-6-12(9-11)17-15(19)13-7-4-8-14(16)18-13/h3-10H,1-2H3,(H2,16,18)(H,17,19). The zero-order valence-corrected chi connectivity index (χ0v) is 11.1. The number of amides is 1. The van der Waals surface area contributed by atoms with E-state index in [-0.39, 0.29) is 5.91 Å². The van der Waals surface area contributed by atoms with Gasteiger partial charge < -0.3 is 11.1 Å². The Hall–Kier alpha value is -2.36. The molecule has 0 spiro atoms. The molecule has 1 heterocycles. The van der Waals surface area contributed by atoms with E-state index >= 15 is 0 Å². The highest BCUT2D eigenvalue weighted by atomic mass is 16.1. The molecule has 0 aliphatic carbocycles. The summed E-state index contributed by atoms with van der Waals surface area (Å²) in [7, 11) is 0. The van der Waals surface area contributed by atoms with Gasteiger partial charge in [0.25, 0.3) is 5.91 Å². The van der Waals surface area contributed by atoms with Crippen molar-refractivity contribution in [3.8, 4) is 0 Å². The Morgan fingerprint density at radius 1 is 1.21 bits per heavy atom. The van der Waals surface area contributed by atoms with E-state index in [4.69, 9.17) is 5.73 Å². The molecule has 0 saturated heterocycles. The second-order valence-corrected chi connectivity index (χ2v) is 4.68. The maximum atomic E-state index is 12.0. The molecule has 4 heteroatoms. The minimum Gasteiger partial charge on any atom is -0.384 e. The molecule has 0 fully saturated rings. The predicted molar refractivity (Wildman–Crippen MR) is 77.1 cm³/mol. The van der Waals surface area contributed by atoms with Crippen molar-refractivity contribution in [1.29, 1.82) is 0 Å². The number of hydrogen-bond acceptors (Lipinski definition) is 3. The monoisotopic (exact) mass is 255 g/mol. The summed E-state index contributed by atoms with van der Waals surface area (Å²) in [6.45, 7) is 4.22. The molecule has 0 unspecified atom stereocenters. The second kappa shape index (κ2) is 5.52. The van der Waals surface area contributed by atoms with E-state index in [0.29, 0.717) is 17.4 Å². The molecule has 0 radical (unpaired) electrons. The first-order chi connectivity index (χ1) is 9.06. The van der Waals surface area contributed by atoms with Gasteiger partial charge in [0.1, 0.15) is 11.5 Å². The summed E-state index contributed by atoms with van der Waals surface area (Å²) in [6.07, 6.45) is 0. The Morgan fingerprint density at radius 2 is 1.95 bits per heavy atom. The van der Waals surface area contributed by atoms with Crippen LogP contribution in [0.2, 0.25) is 0 Å². The number of anilines is 2. The second-order valence-electron chi connectivity index (χ2n) is 4.68. The van der Waals surface area contributed by atoms with E-state index in [9.17, 15) is 4.79 Å². The fourth-order valence-electron chi connectivity index (χ4n) is 1.75. The van der Waals surface area contributed by atoms with Crippen LogP contribution in [0.1, 0.15) is 35.8 Å². The molecular formula is C15H17N3O. The molecule has 98 valence electrons. The lowest BCUT2D eigenvalue weighted by atomic mass is 10.0. The Labute approximate surface area is 112 Å². The minimum absolute atomic E-state index is 0.256. The molecule has 0 aliphatic heterocycles. The van der Waals surface area contributed by atoms with Gasteiger partial charge in [-0.05, 0) is 35.7 Å². The van der Waals surface area contributed by atoms with Crippen LogP contribution >= 0.6 is 0 Å². The van der Waals surface area contributed by atoms with Crippen molar-refractivity contribution >= 4 is 17.4 Å². The van der Waals surface area contributed by atoms with Crippen molar-refractivity contribution in [3.05, 3.63) is 53.7 Å². The lowest BCUT2D eigenvalue weighted by Gasteiger charge is -2.09. The number of benzene rings is 1. The van der Waals surface area contributed by atoms with E-state index in [1.165, 1.54) is 5.56 Å². The molecule has 0 bridgehead atoms. The van der Waals surface area contributed by atoms with Crippen molar-refractivity contribution in [2.45, 2.75) is 19.8 Å². The number of aromatic nitrogens is 1. The highest BCUT2D eigenvalue weighted by Gasteiger charge is 2.08. The molecule has 0 saturated carbocycles. The minimum atomic E-state index is -0.256. The van der Waals surface area contributed by atoms with E-state index in [0.717, 1.165) is 5.69 Å². The van der Waals surface area contributed by atoms with E-state index in [1.807, 2.05) is 24.3 Å². The van der Waals surface area contributed by atoms with E-state index in [2.05, 4.69) is 24.1 Å². The van der Waals surface area contributed by atoms with Crippen LogP contribution in [0, 0.1) is 0 Å². The number of hydrogen-bond donors (Lipinski definition) is 2. The smallest absolute Gasteiger partial charge is 0.274 e. The Bertz CT molecular complexity index is 593. The molecule has 1 aromatic carbocycles. The van der Waals surface area contributed by atoms with Crippen LogP contribution in [-0.4, -0.2) is 10.9 Å². The highest BCUT2D eigenvalue weighted by molar-refractivity contribution is 6.03. The average molecular weight is 255 g/mol. The molecule has 4 nitrogen and oxygen atoms in total. The zero-order valence-electron chi connectivity index (χ0n) is 11.1. The molecule has 1 aromatic heterocycles. The summed E-state index contributed by atoms with van der Waals surface area (Å²) < 4.78 is 0. The maximum Gasteiger partial charge on any atom is 0.274 e. The van der Waals surface area contributed by atoms with Crippen molar-refractivity contribution in [1.82, 2.24) is 4.98 Å². The van der Waals surface area contributed by atoms with Gasteiger partial charge in [0, 0.05) is 5.69 Å².